The van der Waals surface area contributed by atoms with Crippen LogP contribution in [0.5, 0.6) is 0 Å². The molecule has 1 N–H and O–H groups in total. The lowest BCUT2D eigenvalue weighted by Crippen LogP contribution is -2.60. The van der Waals surface area contributed by atoms with Gasteiger partial charge in [-0.25, -0.2) is 0 Å². The van der Waals surface area contributed by atoms with E-state index in [-0.39, 0.29) is 61.2 Å². The van der Waals surface area contributed by atoms with Gasteiger partial charge >= 0.3 is 5.97 Å². The van der Waals surface area contributed by atoms with E-state index in [1.807, 2.05) is 0 Å². The molecule has 0 bridgehead atoms. The molecule has 0 aromatic rings. The standard InChI is InChI=1S/C26H44O6/c1-7-9-21-16(3)13-23-26(32-21)18(5)25(29-19(6)28)24(31-23)14-22-17(4)15(2)12-20(30-22)10-8-11-27/h15-16,18,20-27H,4,7-14H2,1-3,5-6H3/t15-,16-,18-,20+,21-,22?,23+,24+,25-,26+/m1/s1. The minimum absolute atomic E-state index is 0.00406. The maximum absolute atomic E-state index is 12.0. The van der Waals surface area contributed by atoms with Crippen molar-refractivity contribution in [2.24, 2.45) is 17.8 Å². The van der Waals surface area contributed by atoms with E-state index in [2.05, 4.69) is 34.3 Å². The highest BCUT2D eigenvalue weighted by Gasteiger charge is 2.50. The Hall–Kier alpha value is -0.950. The van der Waals surface area contributed by atoms with Gasteiger partial charge in [0, 0.05) is 25.9 Å². The summed E-state index contributed by atoms with van der Waals surface area (Å²) in [6.07, 6.45) is 5.77. The lowest BCUT2D eigenvalue weighted by Gasteiger charge is -2.51. The lowest BCUT2D eigenvalue weighted by atomic mass is 9.78. The quantitative estimate of drug-likeness (QED) is 0.434. The molecule has 0 aromatic heterocycles. The summed E-state index contributed by atoms with van der Waals surface area (Å²) in [6.45, 7) is 14.7. The van der Waals surface area contributed by atoms with Crippen molar-refractivity contribution in [2.75, 3.05) is 6.61 Å². The van der Waals surface area contributed by atoms with Crippen LogP contribution < -0.4 is 0 Å². The van der Waals surface area contributed by atoms with Gasteiger partial charge in [0.2, 0.25) is 0 Å². The minimum Gasteiger partial charge on any atom is -0.459 e. The van der Waals surface area contributed by atoms with Crippen LogP contribution in [0.3, 0.4) is 0 Å². The molecule has 3 saturated heterocycles. The molecule has 0 amide bonds. The summed E-state index contributed by atoms with van der Waals surface area (Å²) in [4.78, 5) is 12.0. The van der Waals surface area contributed by atoms with Gasteiger partial charge < -0.3 is 24.1 Å². The third-order valence-corrected chi connectivity index (χ3v) is 7.72. The van der Waals surface area contributed by atoms with Gasteiger partial charge in [0.05, 0.1) is 36.6 Å². The van der Waals surface area contributed by atoms with E-state index in [4.69, 9.17) is 18.9 Å². The highest BCUT2D eigenvalue weighted by Crippen LogP contribution is 2.42. The molecular formula is C26H44O6. The maximum Gasteiger partial charge on any atom is 0.303 e. The molecule has 0 saturated carbocycles. The monoisotopic (exact) mass is 452 g/mol. The molecule has 0 radical (unpaired) electrons. The number of hydrogen-bond donors (Lipinski definition) is 1. The number of ether oxygens (including phenoxy) is 4. The number of carbonyl (C=O) groups excluding carboxylic acids is 1. The third-order valence-electron chi connectivity index (χ3n) is 7.72. The van der Waals surface area contributed by atoms with Crippen molar-refractivity contribution in [3.8, 4) is 0 Å². The first-order valence-corrected chi connectivity index (χ1v) is 12.7. The molecule has 0 spiro atoms. The second-order valence-electron chi connectivity index (χ2n) is 10.3. The highest BCUT2D eigenvalue weighted by molar-refractivity contribution is 5.66. The van der Waals surface area contributed by atoms with Gasteiger partial charge in [-0.15, -0.1) is 0 Å². The SMILES string of the molecule is C=C1C(C[C@@H]2O[C@H]3C[C@@H](C)[C@@H](CCC)O[C@H]3[C@H](C)[C@H]2OC(C)=O)O[C@@H](CCCO)C[C@H]1C. The van der Waals surface area contributed by atoms with E-state index in [0.29, 0.717) is 18.3 Å². The maximum atomic E-state index is 12.0. The van der Waals surface area contributed by atoms with Gasteiger partial charge in [0.1, 0.15) is 6.10 Å². The average molecular weight is 453 g/mol. The molecule has 3 heterocycles. The molecule has 3 fully saturated rings. The molecule has 32 heavy (non-hydrogen) atoms. The first kappa shape index (κ1) is 25.7. The summed E-state index contributed by atoms with van der Waals surface area (Å²) in [5.41, 5.74) is 1.08. The molecule has 10 atom stereocenters. The van der Waals surface area contributed by atoms with Gasteiger partial charge in [-0.1, -0.05) is 40.7 Å². The number of carbonyl (C=O) groups is 1. The Bertz CT molecular complexity index is 636. The van der Waals surface area contributed by atoms with Gasteiger partial charge in [-0.2, -0.15) is 0 Å². The third kappa shape index (κ3) is 5.94. The van der Waals surface area contributed by atoms with Crippen molar-refractivity contribution in [2.45, 2.75) is 122 Å². The van der Waals surface area contributed by atoms with Crippen LogP contribution in [0.15, 0.2) is 12.2 Å². The fourth-order valence-corrected chi connectivity index (χ4v) is 5.86. The second-order valence-corrected chi connectivity index (χ2v) is 10.3. The van der Waals surface area contributed by atoms with Crippen molar-refractivity contribution in [1.82, 2.24) is 0 Å². The van der Waals surface area contributed by atoms with E-state index >= 15 is 0 Å². The lowest BCUT2D eigenvalue weighted by molar-refractivity contribution is -0.263. The van der Waals surface area contributed by atoms with Gasteiger partial charge in [0.15, 0.2) is 0 Å². The number of hydrogen-bond acceptors (Lipinski definition) is 6. The van der Waals surface area contributed by atoms with Crippen molar-refractivity contribution in [3.05, 3.63) is 12.2 Å². The van der Waals surface area contributed by atoms with Crippen LogP contribution in [-0.2, 0) is 23.7 Å². The summed E-state index contributed by atoms with van der Waals surface area (Å²) in [5, 5.41) is 9.22. The largest absolute Gasteiger partial charge is 0.459 e. The number of esters is 1. The molecule has 0 aliphatic carbocycles. The molecule has 3 aliphatic heterocycles. The molecule has 0 aromatic carbocycles. The molecule has 6 heteroatoms. The van der Waals surface area contributed by atoms with Gasteiger partial charge in [-0.05, 0) is 49.5 Å². The number of fused-ring (bicyclic) bond motifs is 1. The molecule has 184 valence electrons. The van der Waals surface area contributed by atoms with E-state index in [1.54, 1.807) is 0 Å². The molecular weight excluding hydrogens is 408 g/mol. The van der Waals surface area contributed by atoms with Crippen LogP contribution in [0.25, 0.3) is 0 Å². The highest BCUT2D eigenvalue weighted by atomic mass is 16.6. The zero-order valence-corrected chi connectivity index (χ0v) is 20.6. The van der Waals surface area contributed by atoms with E-state index in [1.165, 1.54) is 6.92 Å². The van der Waals surface area contributed by atoms with Crippen molar-refractivity contribution in [3.63, 3.8) is 0 Å². The summed E-state index contributed by atoms with van der Waals surface area (Å²) in [7, 11) is 0. The zero-order chi connectivity index (χ0) is 23.4. The summed E-state index contributed by atoms with van der Waals surface area (Å²) < 4.78 is 25.4. The van der Waals surface area contributed by atoms with Crippen molar-refractivity contribution >= 4 is 5.97 Å². The summed E-state index contributed by atoms with van der Waals surface area (Å²) >= 11 is 0. The predicted octanol–water partition coefficient (Wildman–Crippen LogP) is 4.43. The molecule has 3 rings (SSSR count). The number of aliphatic hydroxyl groups excluding tert-OH is 1. The van der Waals surface area contributed by atoms with Crippen LogP contribution in [0.1, 0.15) is 79.6 Å². The first-order chi connectivity index (χ1) is 15.2. The normalized spacial score (nSPS) is 42.4. The second kappa shape index (κ2) is 11.5. The Morgan fingerprint density at radius 1 is 1.12 bits per heavy atom. The summed E-state index contributed by atoms with van der Waals surface area (Å²) in [5.74, 6) is 0.555. The Morgan fingerprint density at radius 2 is 1.88 bits per heavy atom. The Morgan fingerprint density at radius 3 is 2.53 bits per heavy atom. The van der Waals surface area contributed by atoms with Gasteiger partial charge in [0.25, 0.3) is 0 Å². The van der Waals surface area contributed by atoms with Crippen LogP contribution >= 0.6 is 0 Å². The van der Waals surface area contributed by atoms with Crippen molar-refractivity contribution in [1.29, 1.82) is 0 Å². The van der Waals surface area contributed by atoms with Crippen LogP contribution in [-0.4, -0.2) is 60.4 Å². The average Bonchev–Trinajstić information content (AvgIpc) is 2.73. The molecule has 6 nitrogen and oxygen atoms in total. The fraction of sp³-hybridized carbons (Fsp3) is 0.885. The predicted molar refractivity (Wildman–Crippen MR) is 123 cm³/mol. The van der Waals surface area contributed by atoms with Crippen molar-refractivity contribution < 1.29 is 28.8 Å². The zero-order valence-electron chi connectivity index (χ0n) is 20.6. The Kier molecular flexibility index (Phi) is 9.19. The number of aliphatic hydroxyl groups is 1. The van der Waals surface area contributed by atoms with Gasteiger partial charge in [-0.3, -0.25) is 4.79 Å². The first-order valence-electron chi connectivity index (χ1n) is 12.7. The summed E-state index contributed by atoms with van der Waals surface area (Å²) in [6, 6.07) is 0. The van der Waals surface area contributed by atoms with E-state index in [9.17, 15) is 9.90 Å². The Balaban J connectivity index is 1.75. The van der Waals surface area contributed by atoms with Crippen LogP contribution in [0, 0.1) is 17.8 Å². The number of rotatable bonds is 8. The topological polar surface area (TPSA) is 74.2 Å². The fourth-order valence-electron chi connectivity index (χ4n) is 5.86. The van der Waals surface area contributed by atoms with E-state index < -0.39 is 0 Å². The van der Waals surface area contributed by atoms with Crippen LogP contribution in [0.4, 0.5) is 0 Å². The minimum atomic E-state index is -0.367. The van der Waals surface area contributed by atoms with Crippen LogP contribution in [0.2, 0.25) is 0 Å². The van der Waals surface area contributed by atoms with E-state index in [0.717, 1.165) is 44.1 Å². The molecule has 3 aliphatic rings. The smallest absolute Gasteiger partial charge is 0.303 e. The Labute approximate surface area is 194 Å². The molecule has 1 unspecified atom stereocenters.